The largest absolute Gasteiger partial charge is 0.368 e. The van der Waals surface area contributed by atoms with Gasteiger partial charge < -0.3 is 9.72 Å². The highest BCUT2D eigenvalue weighted by Gasteiger charge is 2.25. The van der Waals surface area contributed by atoms with Crippen LogP contribution in [-0.4, -0.2) is 44.3 Å². The second kappa shape index (κ2) is 6.64. The zero-order valence-corrected chi connectivity index (χ0v) is 13.8. The average Bonchev–Trinajstić information content (AvgIpc) is 2.95. The van der Waals surface area contributed by atoms with E-state index < -0.39 is 0 Å². The number of aromatic nitrogens is 4. The van der Waals surface area contributed by atoms with Crippen LogP contribution in [0.1, 0.15) is 43.2 Å². The van der Waals surface area contributed by atoms with Gasteiger partial charge in [0.15, 0.2) is 0 Å². The van der Waals surface area contributed by atoms with Crippen molar-refractivity contribution < 1.29 is 4.74 Å². The van der Waals surface area contributed by atoms with Crippen LogP contribution >= 0.6 is 0 Å². The lowest BCUT2D eigenvalue weighted by Crippen LogP contribution is -2.39. The summed E-state index contributed by atoms with van der Waals surface area (Å²) in [4.78, 5) is 21.1. The Labute approximate surface area is 135 Å². The number of nitrogens with one attached hydrogen (secondary N) is 1. The number of hydrogen-bond donors (Lipinski definition) is 1. The van der Waals surface area contributed by atoms with Crippen LogP contribution in [0.15, 0.2) is 23.1 Å². The van der Waals surface area contributed by atoms with Gasteiger partial charge in [0.25, 0.3) is 5.56 Å². The molecule has 0 unspecified atom stereocenters. The van der Waals surface area contributed by atoms with Crippen molar-refractivity contribution >= 4 is 0 Å². The van der Waals surface area contributed by atoms with Crippen molar-refractivity contribution in [3.05, 3.63) is 45.9 Å². The molecule has 1 saturated heterocycles. The second-order valence-corrected chi connectivity index (χ2v) is 6.23. The van der Waals surface area contributed by atoms with Crippen molar-refractivity contribution in [2.75, 3.05) is 19.7 Å². The minimum Gasteiger partial charge on any atom is -0.368 e. The van der Waals surface area contributed by atoms with Gasteiger partial charge in [-0.15, -0.1) is 0 Å². The molecule has 1 fully saturated rings. The summed E-state index contributed by atoms with van der Waals surface area (Å²) in [7, 11) is 0. The van der Waals surface area contributed by atoms with Crippen molar-refractivity contribution in [1.29, 1.82) is 0 Å². The standard InChI is InChI=1S/C16H23N5O2/c1-11(2)21-13(4-5-17-21)9-20-6-7-23-14(10-20)16-18-12(3)8-15(22)19-16/h4-5,8,11,14H,6-7,9-10H2,1-3H3,(H,18,19,22)/t14-/m0/s1. The molecule has 0 radical (unpaired) electrons. The molecule has 23 heavy (non-hydrogen) atoms. The van der Waals surface area contributed by atoms with E-state index in [0.717, 1.165) is 13.1 Å². The first-order valence-corrected chi connectivity index (χ1v) is 7.97. The molecule has 1 atom stereocenters. The Kier molecular flexibility index (Phi) is 4.58. The summed E-state index contributed by atoms with van der Waals surface area (Å²) in [5.74, 6) is 0.608. The maximum atomic E-state index is 11.6. The molecule has 2 aromatic heterocycles. The van der Waals surface area contributed by atoms with Gasteiger partial charge in [-0.3, -0.25) is 14.4 Å². The fourth-order valence-corrected chi connectivity index (χ4v) is 2.93. The minimum atomic E-state index is -0.202. The van der Waals surface area contributed by atoms with Crippen molar-refractivity contribution in [2.45, 2.75) is 39.5 Å². The molecule has 7 heteroatoms. The molecule has 7 nitrogen and oxygen atoms in total. The Morgan fingerprint density at radius 2 is 2.30 bits per heavy atom. The number of aromatic amines is 1. The molecule has 0 aliphatic carbocycles. The molecule has 0 spiro atoms. The zero-order valence-electron chi connectivity index (χ0n) is 13.8. The number of H-pyrrole nitrogens is 1. The quantitative estimate of drug-likeness (QED) is 0.923. The Bertz CT molecular complexity index is 721. The van der Waals surface area contributed by atoms with Crippen molar-refractivity contribution in [1.82, 2.24) is 24.6 Å². The van der Waals surface area contributed by atoms with Crippen molar-refractivity contribution in [3.8, 4) is 0 Å². The first-order chi connectivity index (χ1) is 11.0. The summed E-state index contributed by atoms with van der Waals surface area (Å²) in [6.07, 6.45) is 1.64. The maximum absolute atomic E-state index is 11.6. The van der Waals surface area contributed by atoms with Crippen molar-refractivity contribution in [3.63, 3.8) is 0 Å². The summed E-state index contributed by atoms with van der Waals surface area (Å²) >= 11 is 0. The lowest BCUT2D eigenvalue weighted by molar-refractivity contribution is -0.0381. The highest BCUT2D eigenvalue weighted by atomic mass is 16.5. The number of ether oxygens (including phenoxy) is 1. The van der Waals surface area contributed by atoms with Gasteiger partial charge in [0.05, 0.1) is 12.3 Å². The Morgan fingerprint density at radius 3 is 3.04 bits per heavy atom. The predicted molar refractivity (Wildman–Crippen MR) is 86.2 cm³/mol. The lowest BCUT2D eigenvalue weighted by Gasteiger charge is -2.32. The van der Waals surface area contributed by atoms with Crippen LogP contribution in [0.25, 0.3) is 0 Å². The number of rotatable bonds is 4. The molecule has 0 amide bonds. The van der Waals surface area contributed by atoms with Crippen LogP contribution in [0.5, 0.6) is 0 Å². The summed E-state index contributed by atoms with van der Waals surface area (Å²) in [5, 5.41) is 4.38. The number of hydrogen-bond acceptors (Lipinski definition) is 5. The Hall–Kier alpha value is -1.99. The smallest absolute Gasteiger partial charge is 0.251 e. The first-order valence-electron chi connectivity index (χ1n) is 7.97. The van der Waals surface area contributed by atoms with Gasteiger partial charge in [0.1, 0.15) is 11.9 Å². The normalized spacial score (nSPS) is 19.4. The second-order valence-electron chi connectivity index (χ2n) is 6.23. The molecule has 0 bridgehead atoms. The molecule has 3 rings (SSSR count). The SMILES string of the molecule is Cc1cc(=O)[nH]c([C@@H]2CN(Cc3ccnn3C(C)C)CCO2)n1. The highest BCUT2D eigenvalue weighted by molar-refractivity contribution is 5.05. The molecular weight excluding hydrogens is 294 g/mol. The van der Waals surface area contributed by atoms with Crippen LogP contribution in [0.3, 0.4) is 0 Å². The van der Waals surface area contributed by atoms with Gasteiger partial charge >= 0.3 is 0 Å². The maximum Gasteiger partial charge on any atom is 0.251 e. The van der Waals surface area contributed by atoms with Crippen LogP contribution in [0.2, 0.25) is 0 Å². The average molecular weight is 317 g/mol. The Balaban J connectivity index is 1.73. The van der Waals surface area contributed by atoms with Crippen LogP contribution < -0.4 is 5.56 Å². The van der Waals surface area contributed by atoms with E-state index in [1.807, 2.05) is 17.8 Å². The van der Waals surface area contributed by atoms with Gasteiger partial charge in [0, 0.05) is 43.6 Å². The van der Waals surface area contributed by atoms with E-state index in [4.69, 9.17) is 4.74 Å². The number of nitrogens with zero attached hydrogens (tertiary/aromatic N) is 4. The number of aryl methyl sites for hydroxylation is 1. The Morgan fingerprint density at radius 1 is 1.48 bits per heavy atom. The highest BCUT2D eigenvalue weighted by Crippen LogP contribution is 2.20. The monoisotopic (exact) mass is 317 g/mol. The molecule has 0 saturated carbocycles. The summed E-state index contributed by atoms with van der Waals surface area (Å²) in [6.45, 7) is 9.07. The van der Waals surface area contributed by atoms with Gasteiger partial charge in [-0.2, -0.15) is 5.10 Å². The number of morpholine rings is 1. The van der Waals surface area contributed by atoms with E-state index in [1.54, 1.807) is 0 Å². The summed E-state index contributed by atoms with van der Waals surface area (Å²) in [6, 6.07) is 3.88. The van der Waals surface area contributed by atoms with E-state index in [-0.39, 0.29) is 11.7 Å². The molecule has 1 N–H and O–H groups in total. The van der Waals surface area contributed by atoms with E-state index in [2.05, 4.69) is 39.9 Å². The topological polar surface area (TPSA) is 76.0 Å². The molecule has 1 aliphatic heterocycles. The van der Waals surface area contributed by atoms with Gasteiger partial charge in [-0.05, 0) is 26.8 Å². The third-order valence-corrected chi connectivity index (χ3v) is 3.97. The summed E-state index contributed by atoms with van der Waals surface area (Å²) < 4.78 is 7.84. The fraction of sp³-hybridized carbons (Fsp3) is 0.562. The minimum absolute atomic E-state index is 0.133. The molecule has 1 aliphatic rings. The van der Waals surface area contributed by atoms with Gasteiger partial charge in [-0.25, -0.2) is 4.98 Å². The third kappa shape index (κ3) is 3.68. The molecule has 124 valence electrons. The molecule has 0 aromatic carbocycles. The van der Waals surface area contributed by atoms with Crippen LogP contribution in [0.4, 0.5) is 0 Å². The molecular formula is C16H23N5O2. The fourth-order valence-electron chi connectivity index (χ4n) is 2.93. The lowest BCUT2D eigenvalue weighted by atomic mass is 10.2. The van der Waals surface area contributed by atoms with Gasteiger partial charge in [0.2, 0.25) is 0 Å². The molecule has 3 heterocycles. The zero-order chi connectivity index (χ0) is 16.4. The predicted octanol–water partition coefficient (Wildman–Crippen LogP) is 1.43. The van der Waals surface area contributed by atoms with E-state index >= 15 is 0 Å². The van der Waals surface area contributed by atoms with Gasteiger partial charge in [-0.1, -0.05) is 0 Å². The van der Waals surface area contributed by atoms with E-state index in [9.17, 15) is 4.79 Å². The molecule has 2 aromatic rings. The first kappa shape index (κ1) is 15.9. The van der Waals surface area contributed by atoms with E-state index in [0.29, 0.717) is 30.7 Å². The van der Waals surface area contributed by atoms with E-state index in [1.165, 1.54) is 11.8 Å². The van der Waals surface area contributed by atoms with Crippen LogP contribution in [0, 0.1) is 6.92 Å². The van der Waals surface area contributed by atoms with Crippen molar-refractivity contribution in [2.24, 2.45) is 0 Å². The summed E-state index contributed by atoms with van der Waals surface area (Å²) in [5.41, 5.74) is 1.76. The van der Waals surface area contributed by atoms with Crippen LogP contribution in [-0.2, 0) is 11.3 Å². The third-order valence-electron chi connectivity index (χ3n) is 3.97.